The molecule has 1 nitrogen and oxygen atoms in total. The summed E-state index contributed by atoms with van der Waals surface area (Å²) < 4.78 is 1.15. The fourth-order valence-electron chi connectivity index (χ4n) is 3.50. The highest BCUT2D eigenvalue weighted by atomic mass is 15.3. The smallest absolute Gasteiger partial charge is 0.132 e. The number of rotatable bonds is 13. The Labute approximate surface area is 139 Å². The molecule has 1 rings (SSSR count). The highest BCUT2D eigenvalue weighted by molar-refractivity contribution is 5.42. The Hall–Kier alpha value is -0.820. The third-order valence-electron chi connectivity index (χ3n) is 5.20. The van der Waals surface area contributed by atoms with Crippen LogP contribution in [0.3, 0.4) is 0 Å². The van der Waals surface area contributed by atoms with E-state index in [-0.39, 0.29) is 0 Å². The Morgan fingerprint density at radius 2 is 1.14 bits per heavy atom. The highest BCUT2D eigenvalue weighted by Crippen LogP contribution is 2.23. The van der Waals surface area contributed by atoms with Crippen LogP contribution < -0.4 is 4.48 Å². The second kappa shape index (κ2) is 11.7. The molecule has 0 atom stereocenters. The molecule has 0 aliphatic rings. The molecule has 22 heavy (non-hydrogen) atoms. The monoisotopic (exact) mass is 304 g/mol. The minimum absolute atomic E-state index is 1.15. The van der Waals surface area contributed by atoms with Gasteiger partial charge in [0.2, 0.25) is 0 Å². The first-order valence-electron chi connectivity index (χ1n) is 9.70. The maximum atomic E-state index is 2.34. The van der Waals surface area contributed by atoms with Crippen LogP contribution in [0.1, 0.15) is 78.6 Å². The van der Waals surface area contributed by atoms with E-state index in [1.165, 1.54) is 83.1 Å². The summed E-state index contributed by atoms with van der Waals surface area (Å²) in [7, 11) is 0. The number of hydrogen-bond donors (Lipinski definition) is 0. The van der Waals surface area contributed by atoms with Gasteiger partial charge in [0.1, 0.15) is 5.69 Å². The van der Waals surface area contributed by atoms with Gasteiger partial charge in [0.15, 0.2) is 0 Å². The largest absolute Gasteiger partial charge is 0.292 e. The Kier molecular flexibility index (Phi) is 10.2. The quantitative estimate of drug-likeness (QED) is 0.286. The number of para-hydroxylation sites is 1. The van der Waals surface area contributed by atoms with Crippen LogP contribution in [0.4, 0.5) is 5.69 Å². The molecule has 0 saturated carbocycles. The second-order valence-electron chi connectivity index (χ2n) is 6.67. The van der Waals surface area contributed by atoms with E-state index in [0.29, 0.717) is 0 Å². The van der Waals surface area contributed by atoms with Crippen molar-refractivity contribution in [3.63, 3.8) is 0 Å². The van der Waals surface area contributed by atoms with E-state index in [1.807, 2.05) is 0 Å². The topological polar surface area (TPSA) is 0 Å². The number of hydrogen-bond acceptors (Lipinski definition) is 0. The summed E-state index contributed by atoms with van der Waals surface area (Å²) in [6, 6.07) is 11.1. The molecule has 1 aromatic carbocycles. The highest BCUT2D eigenvalue weighted by Gasteiger charge is 2.25. The van der Waals surface area contributed by atoms with Gasteiger partial charge in [-0.1, -0.05) is 70.1 Å². The first-order valence-corrected chi connectivity index (χ1v) is 9.70. The van der Waals surface area contributed by atoms with Crippen LogP contribution in [-0.2, 0) is 0 Å². The SMILES string of the molecule is CCCCCCCCCCC[N+](CC)(CC)c1ccccc1. The van der Waals surface area contributed by atoms with Crippen molar-refractivity contribution in [3.8, 4) is 0 Å². The number of nitrogens with zero attached hydrogens (tertiary/aromatic N) is 1. The normalized spacial score (nSPS) is 11.8. The van der Waals surface area contributed by atoms with Crippen molar-refractivity contribution in [2.45, 2.75) is 78.6 Å². The summed E-state index contributed by atoms with van der Waals surface area (Å²) in [6.07, 6.45) is 12.7. The van der Waals surface area contributed by atoms with Gasteiger partial charge in [-0.2, -0.15) is 0 Å². The molecule has 0 spiro atoms. The van der Waals surface area contributed by atoms with Crippen LogP contribution in [0, 0.1) is 0 Å². The third-order valence-corrected chi connectivity index (χ3v) is 5.20. The summed E-state index contributed by atoms with van der Waals surface area (Å²) in [5.41, 5.74) is 1.49. The van der Waals surface area contributed by atoms with Gasteiger partial charge in [-0.05, 0) is 38.8 Å². The zero-order valence-electron chi connectivity index (χ0n) is 15.3. The van der Waals surface area contributed by atoms with Gasteiger partial charge in [0.05, 0.1) is 19.6 Å². The molecular weight excluding hydrogens is 266 g/mol. The predicted molar refractivity (Wildman–Crippen MR) is 101 cm³/mol. The van der Waals surface area contributed by atoms with E-state index in [1.54, 1.807) is 0 Å². The minimum Gasteiger partial charge on any atom is -0.292 e. The van der Waals surface area contributed by atoms with Gasteiger partial charge < -0.3 is 0 Å². The maximum absolute atomic E-state index is 2.34. The minimum atomic E-state index is 1.15. The lowest BCUT2D eigenvalue weighted by molar-refractivity contribution is 0.291. The van der Waals surface area contributed by atoms with Crippen LogP contribution in [-0.4, -0.2) is 19.6 Å². The summed E-state index contributed by atoms with van der Waals surface area (Å²) >= 11 is 0. The molecule has 0 bridgehead atoms. The average molecular weight is 305 g/mol. The van der Waals surface area contributed by atoms with Crippen LogP contribution in [0.2, 0.25) is 0 Å². The molecule has 1 aromatic rings. The molecule has 0 fully saturated rings. The van der Waals surface area contributed by atoms with Crippen LogP contribution >= 0.6 is 0 Å². The van der Waals surface area contributed by atoms with Gasteiger partial charge in [0, 0.05) is 0 Å². The fourth-order valence-corrected chi connectivity index (χ4v) is 3.50. The van der Waals surface area contributed by atoms with E-state index in [2.05, 4.69) is 51.1 Å². The van der Waals surface area contributed by atoms with Crippen molar-refractivity contribution in [1.82, 2.24) is 4.48 Å². The first kappa shape index (κ1) is 19.2. The molecular formula is C21H38N+. The van der Waals surface area contributed by atoms with Gasteiger partial charge >= 0.3 is 0 Å². The first-order chi connectivity index (χ1) is 10.8. The molecule has 0 radical (unpaired) electrons. The summed E-state index contributed by atoms with van der Waals surface area (Å²) in [6.45, 7) is 10.7. The summed E-state index contributed by atoms with van der Waals surface area (Å²) in [5.74, 6) is 0. The molecule has 0 saturated heterocycles. The van der Waals surface area contributed by atoms with Gasteiger partial charge in [0.25, 0.3) is 0 Å². The molecule has 0 N–H and O–H groups in total. The molecule has 126 valence electrons. The molecule has 0 unspecified atom stereocenters. The second-order valence-corrected chi connectivity index (χ2v) is 6.67. The molecule has 1 heteroatoms. The Bertz CT molecular complexity index is 353. The van der Waals surface area contributed by atoms with Crippen LogP contribution in [0.15, 0.2) is 30.3 Å². The standard InChI is InChI=1S/C21H38N/c1-4-7-8-9-10-11-12-13-17-20-22(5-2,6-3)21-18-15-14-16-19-21/h14-16,18-19H,4-13,17,20H2,1-3H3/q+1. The van der Waals surface area contributed by atoms with E-state index < -0.39 is 0 Å². The molecule has 0 aromatic heterocycles. The third kappa shape index (κ3) is 6.52. The number of benzene rings is 1. The molecule has 0 heterocycles. The maximum Gasteiger partial charge on any atom is 0.132 e. The van der Waals surface area contributed by atoms with Gasteiger partial charge in [-0.25, -0.2) is 0 Å². The van der Waals surface area contributed by atoms with Crippen molar-refractivity contribution in [2.75, 3.05) is 19.6 Å². The summed E-state index contributed by atoms with van der Waals surface area (Å²) in [5, 5.41) is 0. The Morgan fingerprint density at radius 1 is 0.636 bits per heavy atom. The number of unbranched alkanes of at least 4 members (excludes halogenated alkanes) is 8. The van der Waals surface area contributed by atoms with Crippen molar-refractivity contribution in [2.24, 2.45) is 0 Å². The fraction of sp³-hybridized carbons (Fsp3) is 0.714. The Balaban J connectivity index is 2.25. The molecule has 0 aliphatic carbocycles. The number of quaternary nitrogens is 1. The molecule has 0 amide bonds. The van der Waals surface area contributed by atoms with E-state index in [0.717, 1.165) is 4.48 Å². The van der Waals surface area contributed by atoms with Crippen LogP contribution in [0.5, 0.6) is 0 Å². The average Bonchev–Trinajstić information content (AvgIpc) is 2.58. The van der Waals surface area contributed by atoms with Gasteiger partial charge in [-0.15, -0.1) is 0 Å². The van der Waals surface area contributed by atoms with Crippen LogP contribution in [0.25, 0.3) is 0 Å². The zero-order valence-corrected chi connectivity index (χ0v) is 15.3. The lowest BCUT2D eigenvalue weighted by Gasteiger charge is -2.36. The van der Waals surface area contributed by atoms with E-state index in [4.69, 9.17) is 0 Å². The van der Waals surface area contributed by atoms with Crippen molar-refractivity contribution in [1.29, 1.82) is 0 Å². The van der Waals surface area contributed by atoms with Crippen molar-refractivity contribution < 1.29 is 0 Å². The van der Waals surface area contributed by atoms with Crippen molar-refractivity contribution >= 4 is 5.69 Å². The van der Waals surface area contributed by atoms with E-state index in [9.17, 15) is 0 Å². The predicted octanol–water partition coefficient (Wildman–Crippen LogP) is 6.56. The van der Waals surface area contributed by atoms with E-state index >= 15 is 0 Å². The lowest BCUT2D eigenvalue weighted by Crippen LogP contribution is -2.49. The van der Waals surface area contributed by atoms with Crippen molar-refractivity contribution in [3.05, 3.63) is 30.3 Å². The molecule has 0 aliphatic heterocycles. The Morgan fingerprint density at radius 3 is 1.64 bits per heavy atom. The lowest BCUT2D eigenvalue weighted by atomic mass is 10.1. The summed E-state index contributed by atoms with van der Waals surface area (Å²) in [4.78, 5) is 0. The van der Waals surface area contributed by atoms with Gasteiger partial charge in [-0.3, -0.25) is 4.48 Å². The zero-order chi connectivity index (χ0) is 16.1.